The van der Waals surface area contributed by atoms with Crippen molar-refractivity contribution in [1.29, 1.82) is 0 Å². The lowest BCUT2D eigenvalue weighted by molar-refractivity contribution is 0.223. The lowest BCUT2D eigenvalue weighted by Crippen LogP contribution is -2.11. The Bertz CT molecular complexity index is 1640. The largest absolute Gasteiger partial charge is 0.496 e. The molecule has 6 heteroatoms. The van der Waals surface area contributed by atoms with Crippen molar-refractivity contribution < 1.29 is 28.4 Å². The second-order valence-corrected chi connectivity index (χ2v) is 10.3. The van der Waals surface area contributed by atoms with Crippen LogP contribution in [0.1, 0.15) is 33.9 Å². The second-order valence-electron chi connectivity index (χ2n) is 10.3. The van der Waals surface area contributed by atoms with Crippen molar-refractivity contribution in [2.75, 3.05) is 14.2 Å². The van der Waals surface area contributed by atoms with E-state index in [1.165, 1.54) is 0 Å². The molecule has 0 saturated carbocycles. The molecule has 5 aromatic rings. The van der Waals surface area contributed by atoms with E-state index in [1.807, 2.05) is 127 Å². The molecule has 44 heavy (non-hydrogen) atoms. The summed E-state index contributed by atoms with van der Waals surface area (Å²) in [5.74, 6) is 3.66. The van der Waals surface area contributed by atoms with Gasteiger partial charge in [0.15, 0.2) is 11.5 Å². The molecule has 0 amide bonds. The average Bonchev–Trinajstić information content (AvgIpc) is 3.09. The Kier molecular flexibility index (Phi) is 8.98. The standard InChI is InChI=1S/C38H34O6/c1-39-31-22-34(40-2)32-18-19-33(44-35(32)23-31)30-20-36(41-24-27-12-6-3-7-13-27)38(43-26-29-16-10-5-11-17-29)37(21-30)42-25-28-14-8-4-9-15-28/h3-23,33H,24-26H2,1-2H3. The average molecular weight is 587 g/mol. The van der Waals surface area contributed by atoms with E-state index in [4.69, 9.17) is 28.4 Å². The smallest absolute Gasteiger partial charge is 0.203 e. The minimum atomic E-state index is -0.416. The van der Waals surface area contributed by atoms with E-state index in [-0.39, 0.29) is 0 Å². The molecule has 0 fully saturated rings. The van der Waals surface area contributed by atoms with Gasteiger partial charge in [0.25, 0.3) is 0 Å². The number of benzene rings is 5. The summed E-state index contributed by atoms with van der Waals surface area (Å²) in [4.78, 5) is 0. The van der Waals surface area contributed by atoms with Crippen molar-refractivity contribution >= 4 is 6.08 Å². The fraction of sp³-hybridized carbons (Fsp3) is 0.158. The van der Waals surface area contributed by atoms with Crippen LogP contribution >= 0.6 is 0 Å². The van der Waals surface area contributed by atoms with Gasteiger partial charge in [-0.3, -0.25) is 0 Å². The van der Waals surface area contributed by atoms with Crippen LogP contribution in [0.2, 0.25) is 0 Å². The van der Waals surface area contributed by atoms with E-state index in [2.05, 4.69) is 0 Å². The summed E-state index contributed by atoms with van der Waals surface area (Å²) in [6.45, 7) is 1.09. The SMILES string of the molecule is COc1cc(OC)c2c(c1)OC(c1cc(OCc3ccccc3)c(OCc3ccccc3)c(OCc3ccccc3)c1)C=C2. The molecule has 5 aromatic carbocycles. The van der Waals surface area contributed by atoms with Crippen LogP contribution in [0, 0.1) is 0 Å². The molecule has 1 heterocycles. The van der Waals surface area contributed by atoms with Crippen LogP contribution in [0.15, 0.2) is 121 Å². The van der Waals surface area contributed by atoms with Gasteiger partial charge in [-0.05, 0) is 41.0 Å². The lowest BCUT2D eigenvalue weighted by Gasteiger charge is -2.25. The lowest BCUT2D eigenvalue weighted by atomic mass is 10.0. The molecule has 0 bridgehead atoms. The summed E-state index contributed by atoms with van der Waals surface area (Å²) in [5.41, 5.74) is 4.83. The van der Waals surface area contributed by atoms with Crippen LogP contribution in [0.4, 0.5) is 0 Å². The van der Waals surface area contributed by atoms with Crippen LogP contribution in [0.3, 0.4) is 0 Å². The minimum Gasteiger partial charge on any atom is -0.496 e. The number of ether oxygens (including phenoxy) is 6. The quantitative estimate of drug-likeness (QED) is 0.146. The molecule has 6 rings (SSSR count). The van der Waals surface area contributed by atoms with E-state index in [0.717, 1.165) is 27.8 Å². The third-order valence-electron chi connectivity index (χ3n) is 7.30. The summed E-state index contributed by atoms with van der Waals surface area (Å²) in [6, 6.07) is 37.8. The van der Waals surface area contributed by atoms with E-state index in [1.54, 1.807) is 14.2 Å². The number of hydrogen-bond acceptors (Lipinski definition) is 6. The van der Waals surface area contributed by atoms with Gasteiger partial charge in [-0.15, -0.1) is 0 Å². The van der Waals surface area contributed by atoms with Gasteiger partial charge in [0.05, 0.1) is 19.8 Å². The molecule has 0 aliphatic carbocycles. The summed E-state index contributed by atoms with van der Waals surface area (Å²) in [6.07, 6.45) is 3.59. The Morgan fingerprint density at radius 2 is 1.09 bits per heavy atom. The molecule has 1 atom stereocenters. The maximum atomic E-state index is 6.51. The highest BCUT2D eigenvalue weighted by Gasteiger charge is 2.25. The highest BCUT2D eigenvalue weighted by Crippen LogP contribution is 2.45. The normalized spacial score (nSPS) is 13.4. The van der Waals surface area contributed by atoms with Crippen molar-refractivity contribution in [3.05, 3.63) is 149 Å². The molecule has 0 saturated heterocycles. The fourth-order valence-electron chi connectivity index (χ4n) is 4.98. The van der Waals surface area contributed by atoms with Gasteiger partial charge < -0.3 is 28.4 Å². The van der Waals surface area contributed by atoms with Gasteiger partial charge in [0.2, 0.25) is 5.75 Å². The second kappa shape index (κ2) is 13.7. The first-order valence-corrected chi connectivity index (χ1v) is 14.5. The topological polar surface area (TPSA) is 55.4 Å². The first kappa shape index (κ1) is 28.7. The summed E-state index contributed by atoms with van der Waals surface area (Å²) in [7, 11) is 3.26. The van der Waals surface area contributed by atoms with E-state index in [9.17, 15) is 0 Å². The Morgan fingerprint density at radius 3 is 1.59 bits per heavy atom. The molecular weight excluding hydrogens is 552 g/mol. The predicted molar refractivity (Wildman–Crippen MR) is 171 cm³/mol. The zero-order valence-corrected chi connectivity index (χ0v) is 24.8. The molecule has 1 aliphatic heterocycles. The molecule has 1 aliphatic rings. The van der Waals surface area contributed by atoms with Gasteiger partial charge >= 0.3 is 0 Å². The van der Waals surface area contributed by atoms with Gasteiger partial charge in [-0.1, -0.05) is 91.0 Å². The fourth-order valence-corrected chi connectivity index (χ4v) is 4.98. The minimum absolute atomic E-state index is 0.358. The highest BCUT2D eigenvalue weighted by atomic mass is 16.5. The van der Waals surface area contributed by atoms with Crippen LogP contribution in [-0.4, -0.2) is 14.2 Å². The van der Waals surface area contributed by atoms with Crippen LogP contribution in [0.5, 0.6) is 34.5 Å². The van der Waals surface area contributed by atoms with Crippen molar-refractivity contribution in [3.63, 3.8) is 0 Å². The molecule has 1 unspecified atom stereocenters. The zero-order valence-electron chi connectivity index (χ0n) is 24.8. The zero-order chi connectivity index (χ0) is 30.1. The van der Waals surface area contributed by atoms with Crippen molar-refractivity contribution in [2.24, 2.45) is 0 Å². The number of fused-ring (bicyclic) bond motifs is 1. The third-order valence-corrected chi connectivity index (χ3v) is 7.30. The predicted octanol–water partition coefficient (Wildman–Crippen LogP) is 8.59. The maximum absolute atomic E-state index is 6.51. The molecule has 0 N–H and O–H groups in total. The Hall–Kier alpha value is -5.36. The first-order valence-electron chi connectivity index (χ1n) is 14.5. The van der Waals surface area contributed by atoms with Crippen LogP contribution in [0.25, 0.3) is 6.08 Å². The van der Waals surface area contributed by atoms with Gasteiger partial charge in [-0.2, -0.15) is 0 Å². The van der Waals surface area contributed by atoms with E-state index in [0.29, 0.717) is 54.3 Å². The summed E-state index contributed by atoms with van der Waals surface area (Å²) >= 11 is 0. The van der Waals surface area contributed by atoms with Gasteiger partial charge in [0, 0.05) is 17.7 Å². The Morgan fingerprint density at radius 1 is 0.568 bits per heavy atom. The van der Waals surface area contributed by atoms with Gasteiger partial charge in [0.1, 0.15) is 43.2 Å². The summed E-state index contributed by atoms with van der Waals surface area (Å²) < 4.78 is 36.9. The van der Waals surface area contributed by atoms with Gasteiger partial charge in [-0.25, -0.2) is 0 Å². The number of rotatable bonds is 12. The molecule has 222 valence electrons. The van der Waals surface area contributed by atoms with Crippen LogP contribution in [-0.2, 0) is 19.8 Å². The van der Waals surface area contributed by atoms with Crippen LogP contribution < -0.4 is 28.4 Å². The maximum Gasteiger partial charge on any atom is 0.203 e. The van der Waals surface area contributed by atoms with Crippen molar-refractivity contribution in [1.82, 2.24) is 0 Å². The van der Waals surface area contributed by atoms with E-state index < -0.39 is 6.10 Å². The van der Waals surface area contributed by atoms with Crippen molar-refractivity contribution in [3.8, 4) is 34.5 Å². The molecule has 6 nitrogen and oxygen atoms in total. The first-order chi connectivity index (χ1) is 21.7. The highest BCUT2D eigenvalue weighted by molar-refractivity contribution is 5.69. The molecule has 0 spiro atoms. The Balaban J connectivity index is 1.38. The van der Waals surface area contributed by atoms with E-state index >= 15 is 0 Å². The molecular formula is C38H34O6. The summed E-state index contributed by atoms with van der Waals surface area (Å²) in [5, 5.41) is 0. The third kappa shape index (κ3) is 6.81. The monoisotopic (exact) mass is 586 g/mol. The van der Waals surface area contributed by atoms with Crippen molar-refractivity contribution in [2.45, 2.75) is 25.9 Å². The number of methoxy groups -OCH3 is 2. The number of hydrogen-bond donors (Lipinski definition) is 0. The molecule has 0 radical (unpaired) electrons. The Labute approximate surface area is 258 Å². The molecule has 0 aromatic heterocycles.